The number of benzene rings is 1. The summed E-state index contributed by atoms with van der Waals surface area (Å²) in [4.78, 5) is 0. The van der Waals surface area contributed by atoms with E-state index in [1.165, 1.54) is 24.8 Å². The summed E-state index contributed by atoms with van der Waals surface area (Å²) in [5.41, 5.74) is 1.65. The summed E-state index contributed by atoms with van der Waals surface area (Å²) < 4.78 is 11.2. The minimum atomic E-state index is 0.155. The Morgan fingerprint density at radius 3 is 2.62 bits per heavy atom. The van der Waals surface area contributed by atoms with Crippen molar-refractivity contribution in [2.24, 2.45) is 5.41 Å². The second kappa shape index (κ2) is 6.69. The van der Waals surface area contributed by atoms with E-state index >= 15 is 0 Å². The first-order chi connectivity index (χ1) is 9.92. The van der Waals surface area contributed by atoms with Gasteiger partial charge in [0, 0.05) is 12.6 Å². The zero-order chi connectivity index (χ0) is 15.5. The molecule has 0 aromatic heterocycles. The molecule has 0 amide bonds. The number of nitrogens with one attached hydrogen (secondary N) is 1. The Labute approximate surface area is 129 Å². The zero-order valence-corrected chi connectivity index (χ0v) is 14.0. The number of methoxy groups -OCH3 is 1. The van der Waals surface area contributed by atoms with E-state index in [2.05, 4.69) is 31.3 Å². The van der Waals surface area contributed by atoms with Gasteiger partial charge in [0.1, 0.15) is 0 Å². The van der Waals surface area contributed by atoms with Gasteiger partial charge in [0.2, 0.25) is 0 Å². The van der Waals surface area contributed by atoms with Crippen LogP contribution >= 0.6 is 0 Å². The van der Waals surface area contributed by atoms with Crippen LogP contribution in [0.1, 0.15) is 52.5 Å². The molecule has 0 heterocycles. The summed E-state index contributed by atoms with van der Waals surface area (Å²) in [7, 11) is 1.69. The number of hydrogen-bond donors (Lipinski definition) is 1. The van der Waals surface area contributed by atoms with Crippen LogP contribution in [0.2, 0.25) is 0 Å². The molecule has 1 saturated carbocycles. The normalized spacial score (nSPS) is 20.8. The summed E-state index contributed by atoms with van der Waals surface area (Å²) in [5.74, 6) is 1.63. The minimum Gasteiger partial charge on any atom is -0.493 e. The Bertz CT molecular complexity index is 468. The molecule has 0 bridgehead atoms. The van der Waals surface area contributed by atoms with Gasteiger partial charge in [-0.15, -0.1) is 0 Å². The highest BCUT2D eigenvalue weighted by molar-refractivity contribution is 5.43. The third-order valence-electron chi connectivity index (χ3n) is 4.40. The highest BCUT2D eigenvalue weighted by Gasteiger charge is 2.33. The summed E-state index contributed by atoms with van der Waals surface area (Å²) in [6, 6.07) is 6.81. The molecule has 0 saturated heterocycles. The molecule has 21 heavy (non-hydrogen) atoms. The molecule has 3 heteroatoms. The fraction of sp³-hybridized carbons (Fsp3) is 0.667. The molecule has 1 unspecified atom stereocenters. The third-order valence-corrected chi connectivity index (χ3v) is 4.40. The Hall–Kier alpha value is -1.22. The second-order valence-corrected chi connectivity index (χ2v) is 6.97. The smallest absolute Gasteiger partial charge is 0.161 e. The molecule has 2 rings (SSSR count). The van der Waals surface area contributed by atoms with E-state index in [0.717, 1.165) is 18.0 Å². The standard InChI is InChI=1S/C18H29NO2/c1-13(2)21-15-9-8-14(11-16(15)20-5)12-19-17-7-6-10-18(17,3)4/h8-9,11,13,17,19H,6-7,10,12H2,1-5H3. The zero-order valence-electron chi connectivity index (χ0n) is 14.0. The Kier molecular flexibility index (Phi) is 5.15. The number of ether oxygens (including phenoxy) is 2. The van der Waals surface area contributed by atoms with Crippen LogP contribution in [0.15, 0.2) is 18.2 Å². The van der Waals surface area contributed by atoms with Gasteiger partial charge in [-0.25, -0.2) is 0 Å². The fourth-order valence-corrected chi connectivity index (χ4v) is 3.12. The second-order valence-electron chi connectivity index (χ2n) is 6.97. The van der Waals surface area contributed by atoms with Crippen molar-refractivity contribution in [1.29, 1.82) is 0 Å². The van der Waals surface area contributed by atoms with Crippen molar-refractivity contribution in [1.82, 2.24) is 5.32 Å². The first kappa shape index (κ1) is 16.2. The van der Waals surface area contributed by atoms with Gasteiger partial charge in [-0.05, 0) is 49.8 Å². The molecule has 3 nitrogen and oxygen atoms in total. The average Bonchev–Trinajstić information content (AvgIpc) is 2.76. The molecular weight excluding hydrogens is 262 g/mol. The van der Waals surface area contributed by atoms with E-state index in [-0.39, 0.29) is 6.10 Å². The molecule has 1 N–H and O–H groups in total. The molecule has 118 valence electrons. The quantitative estimate of drug-likeness (QED) is 0.854. The van der Waals surface area contributed by atoms with E-state index in [4.69, 9.17) is 9.47 Å². The molecule has 1 aliphatic carbocycles. The lowest BCUT2D eigenvalue weighted by Crippen LogP contribution is -2.37. The van der Waals surface area contributed by atoms with E-state index in [0.29, 0.717) is 11.5 Å². The Morgan fingerprint density at radius 1 is 1.29 bits per heavy atom. The van der Waals surface area contributed by atoms with Crippen molar-refractivity contribution in [2.75, 3.05) is 7.11 Å². The van der Waals surface area contributed by atoms with Crippen LogP contribution in [0, 0.1) is 5.41 Å². The van der Waals surface area contributed by atoms with Crippen LogP contribution in [0.5, 0.6) is 11.5 Å². The van der Waals surface area contributed by atoms with E-state index < -0.39 is 0 Å². The summed E-state index contributed by atoms with van der Waals surface area (Å²) in [6.45, 7) is 9.65. The summed E-state index contributed by atoms with van der Waals surface area (Å²) in [5, 5.41) is 3.70. The number of hydrogen-bond acceptors (Lipinski definition) is 3. The van der Waals surface area contributed by atoms with Gasteiger partial charge >= 0.3 is 0 Å². The van der Waals surface area contributed by atoms with E-state index in [9.17, 15) is 0 Å². The maximum Gasteiger partial charge on any atom is 0.161 e. The first-order valence-electron chi connectivity index (χ1n) is 7.99. The summed E-state index contributed by atoms with van der Waals surface area (Å²) >= 11 is 0. The van der Waals surface area contributed by atoms with Gasteiger partial charge in [-0.1, -0.05) is 26.3 Å². The van der Waals surface area contributed by atoms with Crippen molar-refractivity contribution < 1.29 is 9.47 Å². The predicted octanol–water partition coefficient (Wildman–Crippen LogP) is 4.15. The lowest BCUT2D eigenvalue weighted by atomic mass is 9.87. The highest BCUT2D eigenvalue weighted by atomic mass is 16.5. The average molecular weight is 291 g/mol. The van der Waals surface area contributed by atoms with Crippen LogP contribution in [0.3, 0.4) is 0 Å². The lowest BCUT2D eigenvalue weighted by molar-refractivity contribution is 0.230. The molecule has 0 aliphatic heterocycles. The van der Waals surface area contributed by atoms with Gasteiger partial charge in [0.15, 0.2) is 11.5 Å². The fourth-order valence-electron chi connectivity index (χ4n) is 3.12. The van der Waals surface area contributed by atoms with Crippen molar-refractivity contribution in [2.45, 2.75) is 65.6 Å². The Balaban J connectivity index is 2.01. The lowest BCUT2D eigenvalue weighted by Gasteiger charge is -2.28. The molecule has 1 fully saturated rings. The number of rotatable bonds is 6. The van der Waals surface area contributed by atoms with Gasteiger partial charge in [-0.2, -0.15) is 0 Å². The molecule has 1 aromatic carbocycles. The predicted molar refractivity (Wildman–Crippen MR) is 87.0 cm³/mol. The van der Waals surface area contributed by atoms with Crippen LogP contribution in [0.4, 0.5) is 0 Å². The SMILES string of the molecule is COc1cc(CNC2CCCC2(C)C)ccc1OC(C)C. The highest BCUT2D eigenvalue weighted by Crippen LogP contribution is 2.37. The van der Waals surface area contributed by atoms with Crippen molar-refractivity contribution in [3.8, 4) is 11.5 Å². The maximum absolute atomic E-state index is 5.76. The maximum atomic E-state index is 5.76. The van der Waals surface area contributed by atoms with Crippen LogP contribution < -0.4 is 14.8 Å². The van der Waals surface area contributed by atoms with Crippen LogP contribution in [-0.4, -0.2) is 19.3 Å². The minimum absolute atomic E-state index is 0.155. The summed E-state index contributed by atoms with van der Waals surface area (Å²) in [6.07, 6.45) is 4.07. The van der Waals surface area contributed by atoms with Gasteiger partial charge < -0.3 is 14.8 Å². The topological polar surface area (TPSA) is 30.5 Å². The Morgan fingerprint density at radius 2 is 2.05 bits per heavy atom. The molecular formula is C18H29NO2. The molecule has 0 radical (unpaired) electrons. The molecule has 1 atom stereocenters. The van der Waals surface area contributed by atoms with Crippen molar-refractivity contribution in [3.63, 3.8) is 0 Å². The first-order valence-corrected chi connectivity index (χ1v) is 7.99. The van der Waals surface area contributed by atoms with E-state index in [1.807, 2.05) is 19.9 Å². The molecule has 1 aliphatic rings. The van der Waals surface area contributed by atoms with E-state index in [1.54, 1.807) is 7.11 Å². The third kappa shape index (κ3) is 4.13. The van der Waals surface area contributed by atoms with Gasteiger partial charge in [0.05, 0.1) is 13.2 Å². The monoisotopic (exact) mass is 291 g/mol. The largest absolute Gasteiger partial charge is 0.493 e. The molecule has 0 spiro atoms. The van der Waals surface area contributed by atoms with Gasteiger partial charge in [0.25, 0.3) is 0 Å². The van der Waals surface area contributed by atoms with Crippen LogP contribution in [-0.2, 0) is 6.54 Å². The van der Waals surface area contributed by atoms with Crippen LogP contribution in [0.25, 0.3) is 0 Å². The van der Waals surface area contributed by atoms with Crippen molar-refractivity contribution >= 4 is 0 Å². The van der Waals surface area contributed by atoms with Gasteiger partial charge in [-0.3, -0.25) is 0 Å². The van der Waals surface area contributed by atoms with Crippen molar-refractivity contribution in [3.05, 3.63) is 23.8 Å². The molecule has 1 aromatic rings.